The molecule has 0 amide bonds. The maximum absolute atomic E-state index is 11.0. The summed E-state index contributed by atoms with van der Waals surface area (Å²) in [5.41, 5.74) is 0.786. The lowest BCUT2D eigenvalue weighted by Crippen LogP contribution is -2.39. The summed E-state index contributed by atoms with van der Waals surface area (Å²) < 4.78 is 16.3. The van der Waals surface area contributed by atoms with Gasteiger partial charge in [0.2, 0.25) is 0 Å². The summed E-state index contributed by atoms with van der Waals surface area (Å²) >= 11 is 5.94. The minimum atomic E-state index is 0.466. The van der Waals surface area contributed by atoms with Crippen molar-refractivity contribution in [2.45, 2.75) is 30.7 Å². The maximum Gasteiger partial charge on any atom is 0.505 e. The fourth-order valence-electron chi connectivity index (χ4n) is 2.76. The van der Waals surface area contributed by atoms with Crippen LogP contribution in [0.2, 0.25) is 0 Å². The molecule has 0 spiro atoms. The molecule has 1 aliphatic heterocycles. The minimum Gasteiger partial charge on any atom is -0.496 e. The van der Waals surface area contributed by atoms with Gasteiger partial charge in [-0.05, 0) is 32.0 Å². The molecule has 1 aromatic rings. The monoisotopic (exact) mass is 325 g/mol. The molecule has 1 saturated heterocycles. The highest BCUT2D eigenvalue weighted by Gasteiger charge is 2.23. The Morgan fingerprint density at radius 2 is 2.38 bits per heavy atom. The van der Waals surface area contributed by atoms with Gasteiger partial charge in [0.15, 0.2) is 0 Å². The zero-order valence-electron chi connectivity index (χ0n) is 12.4. The highest BCUT2D eigenvalue weighted by Crippen LogP contribution is 2.21. The van der Waals surface area contributed by atoms with Gasteiger partial charge in [0.1, 0.15) is 10.7 Å². The fraction of sp³-hybridized carbons (Fsp3) is 0.533. The number of likely N-dealkylation sites (tertiary alicyclic amines) is 1. The molecule has 1 atom stereocenters. The second kappa shape index (κ2) is 7.77. The lowest BCUT2D eigenvalue weighted by Gasteiger charge is -2.23. The Hall–Kier alpha value is -1.11. The molecule has 0 radical (unpaired) electrons. The zero-order chi connectivity index (χ0) is 15.2. The third-order valence-electron chi connectivity index (χ3n) is 3.92. The largest absolute Gasteiger partial charge is 0.505 e. The summed E-state index contributed by atoms with van der Waals surface area (Å²) in [6.45, 7) is 5.27. The molecular formula is C15H21N2O2S2+. The van der Waals surface area contributed by atoms with Crippen LogP contribution in [0.15, 0.2) is 23.1 Å². The van der Waals surface area contributed by atoms with Crippen molar-refractivity contribution < 1.29 is 8.95 Å². The van der Waals surface area contributed by atoms with Crippen LogP contribution in [0.5, 0.6) is 5.75 Å². The maximum atomic E-state index is 11.0. The Bertz CT molecular complexity index is 522. The van der Waals surface area contributed by atoms with E-state index in [1.165, 1.54) is 19.4 Å². The van der Waals surface area contributed by atoms with Crippen molar-refractivity contribution in [1.29, 1.82) is 0 Å². The number of rotatable bonds is 6. The van der Waals surface area contributed by atoms with Crippen LogP contribution in [0, 0.1) is 0 Å². The van der Waals surface area contributed by atoms with Crippen LogP contribution < -0.4 is 10.1 Å². The molecule has 1 fully saturated rings. The van der Waals surface area contributed by atoms with E-state index in [0.29, 0.717) is 33.3 Å². The Labute approximate surface area is 135 Å². The number of nitrogens with zero attached hydrogens (tertiary/aromatic N) is 1. The molecule has 1 unspecified atom stereocenters. The van der Waals surface area contributed by atoms with E-state index >= 15 is 0 Å². The van der Waals surface area contributed by atoms with Crippen LogP contribution >= 0.6 is 12.2 Å². The third-order valence-corrected chi connectivity index (χ3v) is 4.73. The summed E-state index contributed by atoms with van der Waals surface area (Å²) in [7, 11) is 1.61. The van der Waals surface area contributed by atoms with E-state index in [2.05, 4.69) is 17.1 Å². The predicted molar refractivity (Wildman–Crippen MR) is 89.3 cm³/mol. The molecule has 4 nitrogen and oxygen atoms in total. The van der Waals surface area contributed by atoms with Gasteiger partial charge in [-0.15, -0.1) is 0 Å². The van der Waals surface area contributed by atoms with Gasteiger partial charge in [-0.3, -0.25) is 4.90 Å². The van der Waals surface area contributed by atoms with Gasteiger partial charge in [-0.2, -0.15) is 0 Å². The van der Waals surface area contributed by atoms with E-state index in [1.54, 1.807) is 25.3 Å². The molecule has 1 N–H and O–H groups in total. The van der Waals surface area contributed by atoms with Crippen molar-refractivity contribution in [3.63, 3.8) is 0 Å². The van der Waals surface area contributed by atoms with Crippen molar-refractivity contribution >= 4 is 28.9 Å². The predicted octanol–water partition coefficient (Wildman–Crippen LogP) is 2.23. The van der Waals surface area contributed by atoms with Crippen molar-refractivity contribution in [1.82, 2.24) is 10.2 Å². The Morgan fingerprint density at radius 3 is 3.05 bits per heavy atom. The molecular weight excluding hydrogens is 304 g/mol. The molecule has 114 valence electrons. The first-order valence-corrected chi connectivity index (χ1v) is 8.34. The number of likely N-dealkylation sites (N-methyl/N-ethyl adjacent to an activating group) is 1. The van der Waals surface area contributed by atoms with Crippen molar-refractivity contribution in [2.24, 2.45) is 0 Å². The van der Waals surface area contributed by atoms with Gasteiger partial charge in [-0.25, -0.2) is 0 Å². The summed E-state index contributed by atoms with van der Waals surface area (Å²) in [5.74, 6) is 0.698. The lowest BCUT2D eigenvalue weighted by molar-refractivity contribution is 0.267. The first-order chi connectivity index (χ1) is 10.2. The van der Waals surface area contributed by atoms with Gasteiger partial charge in [0.25, 0.3) is 4.90 Å². The molecule has 0 bridgehead atoms. The highest BCUT2D eigenvalue weighted by atomic mass is 32.1. The van der Waals surface area contributed by atoms with Gasteiger partial charge in [0, 0.05) is 28.9 Å². The van der Waals surface area contributed by atoms with Crippen LogP contribution in [0.25, 0.3) is 0 Å². The summed E-state index contributed by atoms with van der Waals surface area (Å²) in [6, 6.07) is 5.87. The number of hydrogen-bond acceptors (Lipinski definition) is 4. The van der Waals surface area contributed by atoms with Crippen LogP contribution in [-0.2, 0) is 15.9 Å². The standard InChI is InChI=1S/C15H20N2O2S2/c1-3-17-8-4-5-11(17)10-16-15(20)13-9-12(21-18)6-7-14(13)19-2/h6-7,9,11H,3-5,8,10H2,1-2H3/p+1. The number of ether oxygens (including phenoxy) is 1. The third kappa shape index (κ3) is 3.96. The molecule has 1 aromatic carbocycles. The molecule has 1 heterocycles. The Kier molecular flexibility index (Phi) is 6.02. The molecule has 6 heteroatoms. The van der Waals surface area contributed by atoms with Crippen LogP contribution in [0.4, 0.5) is 0 Å². The van der Waals surface area contributed by atoms with Gasteiger partial charge >= 0.3 is 11.7 Å². The van der Waals surface area contributed by atoms with E-state index < -0.39 is 0 Å². The van der Waals surface area contributed by atoms with Crippen LogP contribution in [-0.4, -0.2) is 42.7 Å². The van der Waals surface area contributed by atoms with Crippen LogP contribution in [0.3, 0.4) is 0 Å². The van der Waals surface area contributed by atoms with E-state index in [-0.39, 0.29) is 0 Å². The molecule has 0 aromatic heterocycles. The van der Waals surface area contributed by atoms with E-state index in [1.807, 2.05) is 0 Å². The first-order valence-electron chi connectivity index (χ1n) is 7.19. The summed E-state index contributed by atoms with van der Waals surface area (Å²) in [6.07, 6.45) is 2.45. The molecule has 0 aliphatic carbocycles. The Morgan fingerprint density at radius 1 is 1.57 bits per heavy atom. The topological polar surface area (TPSA) is 41.6 Å². The molecule has 2 rings (SSSR count). The van der Waals surface area contributed by atoms with Gasteiger partial charge < -0.3 is 10.1 Å². The molecule has 1 aliphatic rings. The van der Waals surface area contributed by atoms with E-state index in [4.69, 9.17) is 17.0 Å². The number of benzene rings is 1. The van der Waals surface area contributed by atoms with E-state index in [9.17, 15) is 4.21 Å². The number of thiocarbonyl (C=S) groups is 1. The molecule has 0 saturated carbocycles. The minimum absolute atomic E-state index is 0.466. The Balaban J connectivity index is 2.04. The summed E-state index contributed by atoms with van der Waals surface area (Å²) in [5, 5.41) is 3.33. The van der Waals surface area contributed by atoms with E-state index in [0.717, 1.165) is 18.7 Å². The fourth-order valence-corrected chi connectivity index (χ4v) is 3.30. The van der Waals surface area contributed by atoms with Crippen molar-refractivity contribution in [3.8, 4) is 5.75 Å². The van der Waals surface area contributed by atoms with Gasteiger partial charge in [0.05, 0.1) is 12.7 Å². The second-order valence-corrected chi connectivity index (χ2v) is 6.13. The summed E-state index contributed by atoms with van der Waals surface area (Å²) in [4.78, 5) is 3.76. The molecule has 21 heavy (non-hydrogen) atoms. The van der Waals surface area contributed by atoms with Crippen LogP contribution in [0.1, 0.15) is 25.3 Å². The quantitative estimate of drug-likeness (QED) is 0.642. The van der Waals surface area contributed by atoms with Crippen molar-refractivity contribution in [3.05, 3.63) is 23.8 Å². The number of methoxy groups -OCH3 is 1. The SMILES string of the molecule is CCN1CCCC1CNC(=S)c1cc([S+]=O)ccc1OC. The number of nitrogens with one attached hydrogen (secondary N) is 1. The second-order valence-electron chi connectivity index (χ2n) is 5.08. The lowest BCUT2D eigenvalue weighted by atomic mass is 10.1. The average Bonchev–Trinajstić information content (AvgIpc) is 2.99. The highest BCUT2D eigenvalue weighted by molar-refractivity contribution is 7.80. The normalized spacial score (nSPS) is 18.5. The zero-order valence-corrected chi connectivity index (χ0v) is 14.1. The number of hydrogen-bond donors (Lipinski definition) is 1. The van der Waals surface area contributed by atoms with Crippen molar-refractivity contribution in [2.75, 3.05) is 26.7 Å². The first kappa shape index (κ1) is 16.3. The average molecular weight is 325 g/mol. The van der Waals surface area contributed by atoms with Gasteiger partial charge in [-0.1, -0.05) is 19.1 Å². The smallest absolute Gasteiger partial charge is 0.496 e.